The summed E-state index contributed by atoms with van der Waals surface area (Å²) in [5, 5.41) is 10.8. The Labute approximate surface area is 91.3 Å². The summed E-state index contributed by atoms with van der Waals surface area (Å²) in [6.45, 7) is 0. The van der Waals surface area contributed by atoms with Crippen molar-refractivity contribution in [3.8, 4) is 11.1 Å². The molecule has 0 bridgehead atoms. The quantitative estimate of drug-likeness (QED) is 0.571. The maximum atomic E-state index is 12.7. The number of halogens is 1. The summed E-state index contributed by atoms with van der Waals surface area (Å²) in [4.78, 5) is 10.3. The summed E-state index contributed by atoms with van der Waals surface area (Å²) in [5.74, 6) is -0.369. The molecule has 0 unspecified atom stereocenters. The average molecular weight is 216 g/mol. The highest BCUT2D eigenvalue weighted by Crippen LogP contribution is 2.28. The van der Waals surface area contributed by atoms with Gasteiger partial charge in [-0.15, -0.1) is 0 Å². The number of rotatable bonds is 2. The molecule has 0 aromatic heterocycles. The van der Waals surface area contributed by atoms with Crippen molar-refractivity contribution < 1.29 is 9.31 Å². The number of nitrogens with zero attached hydrogens (tertiary/aromatic N) is 1. The molecule has 0 N–H and O–H groups in total. The largest absolute Gasteiger partial charge is 0.285 e. The molecular weight excluding hydrogens is 209 g/mol. The molecule has 0 atom stereocenters. The molecule has 0 amide bonds. The smallest absolute Gasteiger partial charge is 0.258 e. The minimum Gasteiger partial charge on any atom is -0.258 e. The van der Waals surface area contributed by atoms with Gasteiger partial charge in [0.15, 0.2) is 0 Å². The predicted octanol–water partition coefficient (Wildman–Crippen LogP) is 3.20. The molecule has 0 aliphatic carbocycles. The van der Waals surface area contributed by atoms with Crippen LogP contribution >= 0.6 is 0 Å². The second kappa shape index (κ2) is 4.10. The molecule has 0 saturated heterocycles. The molecule has 4 heteroatoms. The van der Waals surface area contributed by atoms with Gasteiger partial charge in [-0.2, -0.15) is 0 Å². The fourth-order valence-electron chi connectivity index (χ4n) is 1.44. The van der Waals surface area contributed by atoms with Crippen LogP contribution in [0.15, 0.2) is 42.5 Å². The van der Waals surface area contributed by atoms with E-state index in [-0.39, 0.29) is 11.5 Å². The number of hydrogen-bond donors (Lipinski definition) is 0. The van der Waals surface area contributed by atoms with Gasteiger partial charge >= 0.3 is 0 Å². The van der Waals surface area contributed by atoms with Crippen LogP contribution in [0.25, 0.3) is 11.1 Å². The summed E-state index contributed by atoms with van der Waals surface area (Å²) in [6.07, 6.45) is 0. The molecule has 2 rings (SSSR count). The molecule has 2 aromatic carbocycles. The molecule has 0 aliphatic heterocycles. The Hall–Kier alpha value is -2.23. The Morgan fingerprint density at radius 3 is 2.50 bits per heavy atom. The Bertz CT molecular complexity index is 523. The third-order valence-corrected chi connectivity index (χ3v) is 2.17. The van der Waals surface area contributed by atoms with E-state index in [4.69, 9.17) is 0 Å². The summed E-state index contributed by atoms with van der Waals surface area (Å²) >= 11 is 0. The molecule has 0 fully saturated rings. The van der Waals surface area contributed by atoms with E-state index in [0.29, 0.717) is 11.1 Å². The first-order valence-corrected chi connectivity index (χ1v) is 4.59. The molecule has 3 nitrogen and oxygen atoms in total. The van der Waals surface area contributed by atoms with Crippen LogP contribution < -0.4 is 0 Å². The van der Waals surface area contributed by atoms with Crippen molar-refractivity contribution in [2.75, 3.05) is 0 Å². The van der Waals surface area contributed by atoms with Crippen LogP contribution in [0.2, 0.25) is 0 Å². The zero-order chi connectivity index (χ0) is 11.5. The zero-order valence-electron chi connectivity index (χ0n) is 8.18. The van der Waals surface area contributed by atoms with Gasteiger partial charge in [-0.05, 0) is 29.8 Å². The normalized spacial score (nSPS) is 10.1. The first-order chi connectivity index (χ1) is 7.68. The van der Waals surface area contributed by atoms with Crippen LogP contribution in [-0.4, -0.2) is 4.92 Å². The third-order valence-electron chi connectivity index (χ3n) is 2.17. The number of nitro benzene ring substituents is 1. The van der Waals surface area contributed by atoms with E-state index < -0.39 is 4.92 Å². The van der Waals surface area contributed by atoms with Gasteiger partial charge < -0.3 is 0 Å². The fourth-order valence-corrected chi connectivity index (χ4v) is 1.44. The molecule has 0 saturated carbocycles. The standard InChI is InChI=1S/C12H7FNO2/c13-10-7-5-9(6-8-10)11-3-1-2-4-12(11)14(15)16/h1-3,5-8H. The Morgan fingerprint density at radius 1 is 1.19 bits per heavy atom. The Morgan fingerprint density at radius 2 is 1.88 bits per heavy atom. The lowest BCUT2D eigenvalue weighted by molar-refractivity contribution is -0.384. The van der Waals surface area contributed by atoms with Crippen LogP contribution in [-0.2, 0) is 0 Å². The minimum atomic E-state index is -0.501. The molecule has 0 aliphatic rings. The predicted molar refractivity (Wildman–Crippen MR) is 57.3 cm³/mol. The number of benzene rings is 2. The van der Waals surface area contributed by atoms with Gasteiger partial charge in [0.25, 0.3) is 5.69 Å². The van der Waals surface area contributed by atoms with Crippen molar-refractivity contribution >= 4 is 5.69 Å². The number of para-hydroxylation sites is 1. The van der Waals surface area contributed by atoms with Crippen LogP contribution in [0.4, 0.5) is 10.1 Å². The Balaban J connectivity index is 2.55. The highest BCUT2D eigenvalue weighted by atomic mass is 19.1. The second-order valence-electron chi connectivity index (χ2n) is 3.20. The van der Waals surface area contributed by atoms with Crippen molar-refractivity contribution in [3.05, 3.63) is 64.5 Å². The maximum Gasteiger partial charge on any atom is 0.285 e. The van der Waals surface area contributed by atoms with E-state index in [0.717, 1.165) is 0 Å². The van der Waals surface area contributed by atoms with Gasteiger partial charge in [-0.25, -0.2) is 4.39 Å². The monoisotopic (exact) mass is 216 g/mol. The van der Waals surface area contributed by atoms with Gasteiger partial charge in [0, 0.05) is 0 Å². The molecule has 2 aromatic rings. The van der Waals surface area contributed by atoms with E-state index >= 15 is 0 Å². The van der Waals surface area contributed by atoms with Crippen molar-refractivity contribution in [2.24, 2.45) is 0 Å². The molecule has 79 valence electrons. The van der Waals surface area contributed by atoms with E-state index in [1.54, 1.807) is 12.1 Å². The lowest BCUT2D eigenvalue weighted by Crippen LogP contribution is -1.91. The molecule has 0 heterocycles. The van der Waals surface area contributed by atoms with Crippen molar-refractivity contribution in [2.45, 2.75) is 0 Å². The van der Waals surface area contributed by atoms with Crippen molar-refractivity contribution in [1.82, 2.24) is 0 Å². The summed E-state index contributed by atoms with van der Waals surface area (Å²) in [5.41, 5.74) is 0.937. The van der Waals surface area contributed by atoms with E-state index in [1.165, 1.54) is 30.3 Å². The first kappa shape index (κ1) is 10.3. The van der Waals surface area contributed by atoms with E-state index in [1.807, 2.05) is 0 Å². The van der Waals surface area contributed by atoms with Crippen LogP contribution in [0.3, 0.4) is 0 Å². The molecule has 16 heavy (non-hydrogen) atoms. The first-order valence-electron chi connectivity index (χ1n) is 4.59. The highest BCUT2D eigenvalue weighted by Gasteiger charge is 2.14. The van der Waals surface area contributed by atoms with Gasteiger partial charge in [0.1, 0.15) is 5.82 Å². The third kappa shape index (κ3) is 1.91. The second-order valence-corrected chi connectivity index (χ2v) is 3.20. The van der Waals surface area contributed by atoms with Gasteiger partial charge in [-0.1, -0.05) is 18.2 Å². The maximum absolute atomic E-state index is 12.7. The van der Waals surface area contributed by atoms with Crippen molar-refractivity contribution in [1.29, 1.82) is 0 Å². The summed E-state index contributed by atoms with van der Waals surface area (Å²) in [7, 11) is 0. The van der Waals surface area contributed by atoms with Gasteiger partial charge in [-0.3, -0.25) is 10.1 Å². The number of hydrogen-bond acceptors (Lipinski definition) is 2. The minimum absolute atomic E-state index is 0.103. The van der Waals surface area contributed by atoms with Crippen LogP contribution in [0, 0.1) is 22.0 Å². The van der Waals surface area contributed by atoms with Crippen LogP contribution in [0.5, 0.6) is 0 Å². The molecular formula is C12H7FNO2. The topological polar surface area (TPSA) is 43.1 Å². The lowest BCUT2D eigenvalue weighted by Gasteiger charge is -2.01. The average Bonchev–Trinajstić information content (AvgIpc) is 2.30. The Kier molecular flexibility index (Phi) is 2.64. The van der Waals surface area contributed by atoms with Gasteiger partial charge in [0.2, 0.25) is 0 Å². The van der Waals surface area contributed by atoms with E-state index in [2.05, 4.69) is 6.07 Å². The van der Waals surface area contributed by atoms with Gasteiger partial charge in [0.05, 0.1) is 16.6 Å². The zero-order valence-corrected chi connectivity index (χ0v) is 8.18. The summed E-state index contributed by atoms with van der Waals surface area (Å²) < 4.78 is 12.7. The molecule has 1 radical (unpaired) electrons. The summed E-state index contributed by atoms with van der Waals surface area (Å²) in [6, 6.07) is 12.9. The van der Waals surface area contributed by atoms with Crippen LogP contribution in [0.1, 0.15) is 0 Å². The molecule has 0 spiro atoms. The van der Waals surface area contributed by atoms with Crippen molar-refractivity contribution in [3.63, 3.8) is 0 Å². The number of nitro groups is 1. The SMILES string of the molecule is O=[N+]([O-])c1[c]cccc1-c1ccc(F)cc1. The lowest BCUT2D eigenvalue weighted by atomic mass is 10.0. The highest BCUT2D eigenvalue weighted by molar-refractivity contribution is 5.72. The van der Waals surface area contributed by atoms with E-state index in [9.17, 15) is 14.5 Å². The fraction of sp³-hybridized carbons (Fsp3) is 0.